The van der Waals surface area contributed by atoms with Crippen molar-refractivity contribution in [2.75, 3.05) is 13.7 Å². The lowest BCUT2D eigenvalue weighted by Gasteiger charge is -2.40. The topological polar surface area (TPSA) is 126 Å². The van der Waals surface area contributed by atoms with Crippen molar-refractivity contribution in [3.05, 3.63) is 59.7 Å². The van der Waals surface area contributed by atoms with E-state index in [9.17, 15) is 25.2 Å². The molecule has 5 atom stereocenters. The Hall–Kier alpha value is -2.49. The van der Waals surface area contributed by atoms with Crippen molar-refractivity contribution in [2.24, 2.45) is 0 Å². The average molecular weight is 420 g/mol. The van der Waals surface area contributed by atoms with E-state index in [2.05, 4.69) is 4.74 Å². The number of ether oxygens (including phenoxy) is 3. The van der Waals surface area contributed by atoms with Gasteiger partial charge in [-0.3, -0.25) is 0 Å². The fraction of sp³-hybridized carbons (Fsp3) is 0.409. The van der Waals surface area contributed by atoms with Gasteiger partial charge in [0.1, 0.15) is 42.0 Å². The monoisotopic (exact) mass is 420 g/mol. The van der Waals surface area contributed by atoms with Gasteiger partial charge < -0.3 is 34.6 Å². The van der Waals surface area contributed by atoms with Crippen LogP contribution in [-0.4, -0.2) is 64.5 Å². The average Bonchev–Trinajstić information content (AvgIpc) is 2.80. The van der Waals surface area contributed by atoms with Gasteiger partial charge in [-0.2, -0.15) is 0 Å². The number of carbonyl (C=O) groups is 1. The zero-order valence-corrected chi connectivity index (χ0v) is 17.1. The van der Waals surface area contributed by atoms with Gasteiger partial charge in [-0.15, -0.1) is 0 Å². The molecule has 164 valence electrons. The van der Waals surface area contributed by atoms with Gasteiger partial charge in [0.05, 0.1) is 19.3 Å². The maximum Gasteiger partial charge on any atom is 0.337 e. The molecule has 0 aromatic heterocycles. The molecule has 0 amide bonds. The predicted octanol–water partition coefficient (Wildman–Crippen LogP) is 1.81. The van der Waals surface area contributed by atoms with Gasteiger partial charge in [0.25, 0.3) is 0 Å². The Bertz CT molecular complexity index is 788. The first-order chi connectivity index (χ1) is 14.4. The number of aliphatic hydroxyl groups excluding tert-OH is 4. The first-order valence-corrected chi connectivity index (χ1v) is 9.71. The van der Waals surface area contributed by atoms with E-state index in [4.69, 9.17) is 9.47 Å². The largest absolute Gasteiger partial charge is 0.465 e. The van der Waals surface area contributed by atoms with Gasteiger partial charge in [0.15, 0.2) is 0 Å². The Kier molecular flexibility index (Phi) is 8.76. The van der Waals surface area contributed by atoms with E-state index < -0.39 is 43.1 Å². The van der Waals surface area contributed by atoms with Crippen LogP contribution in [0.3, 0.4) is 0 Å². The first-order valence-electron chi connectivity index (χ1n) is 9.71. The molecule has 0 aliphatic carbocycles. The number of hydrogen-bond donors (Lipinski definition) is 4. The van der Waals surface area contributed by atoms with Crippen LogP contribution in [0.25, 0.3) is 0 Å². The molecule has 2 aromatic carbocycles. The Morgan fingerprint density at radius 3 is 1.93 bits per heavy atom. The van der Waals surface area contributed by atoms with Crippen LogP contribution in [0.4, 0.5) is 0 Å². The third-order valence-electron chi connectivity index (χ3n) is 4.61. The number of methoxy groups -OCH3 is 1. The van der Waals surface area contributed by atoms with E-state index in [1.807, 2.05) is 13.8 Å². The number of aliphatic hydroxyl groups is 4. The van der Waals surface area contributed by atoms with Crippen LogP contribution in [0.5, 0.6) is 11.5 Å². The normalized spacial score (nSPS) is 25.6. The summed E-state index contributed by atoms with van der Waals surface area (Å²) in [5.41, 5.74) is 0.970. The molecule has 3 unspecified atom stereocenters. The van der Waals surface area contributed by atoms with Crippen LogP contribution in [0.2, 0.25) is 0 Å². The summed E-state index contributed by atoms with van der Waals surface area (Å²) in [6.07, 6.45) is -6.03. The van der Waals surface area contributed by atoms with Gasteiger partial charge in [-0.25, -0.2) is 4.79 Å². The highest BCUT2D eigenvalue weighted by atomic mass is 16.5. The van der Waals surface area contributed by atoms with Crippen molar-refractivity contribution in [3.63, 3.8) is 0 Å². The van der Waals surface area contributed by atoms with Crippen LogP contribution in [0, 0.1) is 0 Å². The maximum atomic E-state index is 11.4. The summed E-state index contributed by atoms with van der Waals surface area (Å²) in [6, 6.07) is 13.1. The quantitative estimate of drug-likeness (QED) is 0.540. The van der Waals surface area contributed by atoms with Crippen molar-refractivity contribution >= 4 is 5.97 Å². The second-order valence-corrected chi connectivity index (χ2v) is 6.44. The fourth-order valence-corrected chi connectivity index (χ4v) is 3.02. The molecule has 2 aromatic rings. The summed E-state index contributed by atoms with van der Waals surface area (Å²) < 4.78 is 15.9. The molecule has 0 saturated carbocycles. The first kappa shape index (κ1) is 23.8. The van der Waals surface area contributed by atoms with Gasteiger partial charge in [-0.05, 0) is 42.0 Å². The second-order valence-electron chi connectivity index (χ2n) is 6.44. The van der Waals surface area contributed by atoms with E-state index in [0.717, 1.165) is 0 Å². The minimum Gasteiger partial charge on any atom is -0.465 e. The molecular weight excluding hydrogens is 392 g/mol. The molecule has 4 N–H and O–H groups in total. The Balaban J connectivity index is 0.00000155. The number of hydrogen-bond acceptors (Lipinski definition) is 8. The van der Waals surface area contributed by atoms with Crippen LogP contribution in [0.15, 0.2) is 48.5 Å². The second kappa shape index (κ2) is 11.1. The molecule has 30 heavy (non-hydrogen) atoms. The number of esters is 1. The van der Waals surface area contributed by atoms with E-state index in [1.165, 1.54) is 7.11 Å². The van der Waals surface area contributed by atoms with E-state index in [-0.39, 0.29) is 0 Å². The van der Waals surface area contributed by atoms with Crippen molar-refractivity contribution < 1.29 is 39.4 Å². The molecule has 8 heteroatoms. The number of benzene rings is 2. The van der Waals surface area contributed by atoms with Gasteiger partial charge in [-0.1, -0.05) is 26.0 Å². The molecule has 1 saturated heterocycles. The van der Waals surface area contributed by atoms with Crippen LogP contribution >= 0.6 is 0 Å². The van der Waals surface area contributed by atoms with E-state index in [1.54, 1.807) is 48.5 Å². The maximum absolute atomic E-state index is 11.4. The summed E-state index contributed by atoms with van der Waals surface area (Å²) >= 11 is 0. The third-order valence-corrected chi connectivity index (χ3v) is 4.61. The third kappa shape index (κ3) is 5.35. The lowest BCUT2D eigenvalue weighted by Crippen LogP contribution is -2.55. The summed E-state index contributed by atoms with van der Waals surface area (Å²) in [5, 5.41) is 39.2. The van der Waals surface area contributed by atoms with E-state index in [0.29, 0.717) is 22.6 Å². The smallest absolute Gasteiger partial charge is 0.337 e. The Morgan fingerprint density at radius 1 is 0.900 bits per heavy atom. The molecule has 8 nitrogen and oxygen atoms in total. The highest BCUT2D eigenvalue weighted by Gasteiger charge is 2.43. The number of rotatable bonds is 5. The SMILES string of the molecule is CC.COC(=O)c1ccc(Oc2ccc([C@H]3OC(CO)[C@@H](O)C(O)C3O)cc2)cc1. The van der Waals surface area contributed by atoms with Crippen LogP contribution < -0.4 is 4.74 Å². The highest BCUT2D eigenvalue weighted by molar-refractivity contribution is 5.89. The lowest BCUT2D eigenvalue weighted by atomic mass is 9.91. The summed E-state index contributed by atoms with van der Waals surface area (Å²) in [7, 11) is 1.31. The van der Waals surface area contributed by atoms with Gasteiger partial charge >= 0.3 is 5.97 Å². The van der Waals surface area contributed by atoms with Crippen molar-refractivity contribution in [1.29, 1.82) is 0 Å². The Morgan fingerprint density at radius 2 is 1.43 bits per heavy atom. The molecule has 1 aliphatic rings. The standard InChI is InChI=1S/C20H22O8.C2H6/c1-26-20(25)12-4-8-14(9-5-12)27-13-6-2-11(3-7-13)19-18(24)17(23)16(22)15(10-21)28-19;1-2/h2-9,15-19,21-24H,10H2,1H3;1-2H3/t15?,16-,17?,18?,19-;/m1./s1. The molecule has 0 spiro atoms. The van der Waals surface area contributed by atoms with Gasteiger partial charge in [0, 0.05) is 0 Å². The summed E-state index contributed by atoms with van der Waals surface area (Å²) in [4.78, 5) is 11.4. The fourth-order valence-electron chi connectivity index (χ4n) is 3.02. The van der Waals surface area contributed by atoms with Gasteiger partial charge in [0.2, 0.25) is 0 Å². The van der Waals surface area contributed by atoms with Crippen molar-refractivity contribution in [1.82, 2.24) is 0 Å². The summed E-state index contributed by atoms with van der Waals surface area (Å²) in [6.45, 7) is 3.52. The molecular formula is C22H28O8. The zero-order chi connectivity index (χ0) is 22.3. The minimum absolute atomic E-state index is 0.410. The molecule has 0 radical (unpaired) electrons. The van der Waals surface area contributed by atoms with Crippen LogP contribution in [-0.2, 0) is 9.47 Å². The molecule has 1 fully saturated rings. The molecule has 1 aliphatic heterocycles. The van der Waals surface area contributed by atoms with Crippen molar-refractivity contribution in [2.45, 2.75) is 44.4 Å². The highest BCUT2D eigenvalue weighted by Crippen LogP contribution is 2.33. The molecule has 3 rings (SSSR count). The Labute approximate surface area is 175 Å². The number of carbonyl (C=O) groups excluding carboxylic acids is 1. The molecule has 1 heterocycles. The van der Waals surface area contributed by atoms with Crippen molar-refractivity contribution in [3.8, 4) is 11.5 Å². The summed E-state index contributed by atoms with van der Waals surface area (Å²) in [5.74, 6) is 0.600. The predicted molar refractivity (Wildman–Crippen MR) is 108 cm³/mol. The minimum atomic E-state index is -1.43. The lowest BCUT2D eigenvalue weighted by molar-refractivity contribution is -0.231. The van der Waals surface area contributed by atoms with E-state index >= 15 is 0 Å². The molecule has 0 bridgehead atoms. The van der Waals surface area contributed by atoms with Crippen LogP contribution in [0.1, 0.15) is 35.9 Å². The zero-order valence-electron chi connectivity index (χ0n) is 17.1.